The van der Waals surface area contributed by atoms with E-state index in [4.69, 9.17) is 4.98 Å². The van der Waals surface area contributed by atoms with Gasteiger partial charge in [0.2, 0.25) is 5.91 Å². The van der Waals surface area contributed by atoms with Crippen molar-refractivity contribution in [1.82, 2.24) is 9.97 Å². The van der Waals surface area contributed by atoms with Gasteiger partial charge in [-0.15, -0.1) is 0 Å². The molecule has 0 aliphatic rings. The second-order valence-corrected chi connectivity index (χ2v) is 7.58. The lowest BCUT2D eigenvalue weighted by atomic mass is 10.1. The number of carbonyl (C=O) groups excluding carboxylic acids is 1. The Balaban J connectivity index is 1.68. The van der Waals surface area contributed by atoms with Crippen molar-refractivity contribution in [1.29, 1.82) is 0 Å². The topological polar surface area (TPSA) is 75.1 Å². The number of aryl methyl sites for hydroxylation is 1. The number of phenols is 1. The zero-order chi connectivity index (χ0) is 20.6. The summed E-state index contributed by atoms with van der Waals surface area (Å²) in [6.45, 7) is 4.22. The first kappa shape index (κ1) is 20.5. The van der Waals surface area contributed by atoms with Crippen LogP contribution in [0, 0.1) is 5.92 Å². The summed E-state index contributed by atoms with van der Waals surface area (Å²) in [6, 6.07) is 17.0. The zero-order valence-corrected chi connectivity index (χ0v) is 16.9. The number of nitrogens with one attached hydrogen (secondary N) is 1. The predicted octanol–water partition coefficient (Wildman–Crippen LogP) is 5.01. The highest BCUT2D eigenvalue weighted by Crippen LogP contribution is 2.23. The molecule has 1 amide bonds. The van der Waals surface area contributed by atoms with E-state index >= 15 is 0 Å². The lowest BCUT2D eigenvalue weighted by Gasteiger charge is -2.13. The maximum atomic E-state index is 12.4. The van der Waals surface area contributed by atoms with Crippen LogP contribution in [0.1, 0.15) is 37.9 Å². The van der Waals surface area contributed by atoms with Crippen LogP contribution in [-0.4, -0.2) is 21.0 Å². The molecule has 2 N–H and O–H groups in total. The van der Waals surface area contributed by atoms with Crippen molar-refractivity contribution in [3.8, 4) is 17.0 Å². The molecule has 29 heavy (non-hydrogen) atoms. The van der Waals surface area contributed by atoms with Gasteiger partial charge in [0.1, 0.15) is 5.75 Å². The molecule has 0 saturated carbocycles. The molecule has 0 unspecified atom stereocenters. The summed E-state index contributed by atoms with van der Waals surface area (Å²) in [5.74, 6) is 1.08. The van der Waals surface area contributed by atoms with Gasteiger partial charge in [-0.25, -0.2) is 9.97 Å². The Kier molecular flexibility index (Phi) is 6.95. The smallest absolute Gasteiger partial charge is 0.225 e. The number of aromatic nitrogens is 2. The third-order valence-electron chi connectivity index (χ3n) is 4.58. The van der Waals surface area contributed by atoms with Crippen molar-refractivity contribution in [2.24, 2.45) is 5.92 Å². The number of rotatable bonds is 8. The number of nitrogens with zero attached hydrogens (tertiary/aromatic N) is 2. The number of hydrogen-bond donors (Lipinski definition) is 2. The van der Waals surface area contributed by atoms with Gasteiger partial charge in [0, 0.05) is 12.0 Å². The number of amides is 1. The molecule has 0 aliphatic heterocycles. The molecule has 0 radical (unpaired) electrons. The summed E-state index contributed by atoms with van der Waals surface area (Å²) in [7, 11) is 0. The van der Waals surface area contributed by atoms with Gasteiger partial charge in [-0.1, -0.05) is 44.2 Å². The first-order valence-electron chi connectivity index (χ1n) is 10.0. The van der Waals surface area contributed by atoms with E-state index < -0.39 is 0 Å². The number of hydrogen-bond acceptors (Lipinski definition) is 4. The molecule has 5 nitrogen and oxygen atoms in total. The normalized spacial score (nSPS) is 10.9. The van der Waals surface area contributed by atoms with E-state index in [0.29, 0.717) is 18.2 Å². The van der Waals surface area contributed by atoms with E-state index in [1.165, 1.54) is 5.56 Å². The molecule has 0 bridgehead atoms. The molecular formula is C24H27N3O2. The Labute approximate surface area is 171 Å². The average Bonchev–Trinajstić information content (AvgIpc) is 2.70. The highest BCUT2D eigenvalue weighted by molar-refractivity contribution is 5.90. The maximum absolute atomic E-state index is 12.4. The Morgan fingerprint density at radius 1 is 1.07 bits per heavy atom. The Morgan fingerprint density at radius 2 is 1.79 bits per heavy atom. The van der Waals surface area contributed by atoms with Crippen LogP contribution in [0.3, 0.4) is 0 Å². The molecule has 3 rings (SSSR count). The number of aromatic hydroxyl groups is 1. The molecule has 0 aliphatic carbocycles. The van der Waals surface area contributed by atoms with Crippen LogP contribution < -0.4 is 5.32 Å². The number of anilines is 1. The molecule has 2 aromatic carbocycles. The first-order valence-corrected chi connectivity index (χ1v) is 10.0. The van der Waals surface area contributed by atoms with Gasteiger partial charge in [-0.3, -0.25) is 4.79 Å². The Morgan fingerprint density at radius 3 is 2.48 bits per heavy atom. The standard InChI is InChI=1S/C24H27N3O2/c1-17(2)15-21-24(25-16-22(26-21)19-11-13-20(28)14-12-19)27-23(29)10-6-9-18-7-4-3-5-8-18/h3-5,7-8,11-14,16-17,28H,6,9-10,15H2,1-2H3,(H,25,27,29). The molecule has 0 atom stereocenters. The second-order valence-electron chi connectivity index (χ2n) is 7.58. The lowest BCUT2D eigenvalue weighted by Crippen LogP contribution is -2.16. The van der Waals surface area contributed by atoms with Gasteiger partial charge in [-0.2, -0.15) is 0 Å². The monoisotopic (exact) mass is 389 g/mol. The quantitative estimate of drug-likeness (QED) is 0.568. The molecule has 1 heterocycles. The fourth-order valence-corrected chi connectivity index (χ4v) is 3.12. The Hall–Kier alpha value is -3.21. The summed E-state index contributed by atoms with van der Waals surface area (Å²) in [4.78, 5) is 21.6. The van der Waals surface area contributed by atoms with Gasteiger partial charge < -0.3 is 10.4 Å². The summed E-state index contributed by atoms with van der Waals surface area (Å²) in [5, 5.41) is 12.4. The van der Waals surface area contributed by atoms with E-state index in [-0.39, 0.29) is 11.7 Å². The highest BCUT2D eigenvalue weighted by atomic mass is 16.3. The van der Waals surface area contributed by atoms with Crippen molar-refractivity contribution in [2.75, 3.05) is 5.32 Å². The van der Waals surface area contributed by atoms with Gasteiger partial charge in [-0.05, 0) is 55.0 Å². The van der Waals surface area contributed by atoms with E-state index in [1.807, 2.05) is 18.2 Å². The van der Waals surface area contributed by atoms with Crippen molar-refractivity contribution in [3.05, 3.63) is 72.1 Å². The van der Waals surface area contributed by atoms with Crippen molar-refractivity contribution < 1.29 is 9.90 Å². The largest absolute Gasteiger partial charge is 0.508 e. The van der Waals surface area contributed by atoms with E-state index in [2.05, 4.69) is 36.3 Å². The third kappa shape index (κ3) is 6.14. The van der Waals surface area contributed by atoms with Gasteiger partial charge in [0.25, 0.3) is 0 Å². The first-order chi connectivity index (χ1) is 14.0. The van der Waals surface area contributed by atoms with Crippen molar-refractivity contribution in [2.45, 2.75) is 39.5 Å². The summed E-state index contributed by atoms with van der Waals surface area (Å²) in [5.41, 5.74) is 3.62. The van der Waals surface area contributed by atoms with Crippen LogP contribution in [0.15, 0.2) is 60.8 Å². The summed E-state index contributed by atoms with van der Waals surface area (Å²) >= 11 is 0. The molecule has 0 saturated heterocycles. The van der Waals surface area contributed by atoms with Crippen LogP contribution in [0.5, 0.6) is 5.75 Å². The van der Waals surface area contributed by atoms with Crippen LogP contribution in [0.25, 0.3) is 11.3 Å². The van der Waals surface area contributed by atoms with Gasteiger partial charge in [0.15, 0.2) is 5.82 Å². The van der Waals surface area contributed by atoms with Gasteiger partial charge in [0.05, 0.1) is 17.6 Å². The number of benzene rings is 2. The molecular weight excluding hydrogens is 362 g/mol. The predicted molar refractivity (Wildman–Crippen MR) is 116 cm³/mol. The maximum Gasteiger partial charge on any atom is 0.225 e. The fraction of sp³-hybridized carbons (Fsp3) is 0.292. The van der Waals surface area contributed by atoms with Crippen molar-refractivity contribution in [3.63, 3.8) is 0 Å². The second kappa shape index (κ2) is 9.82. The van der Waals surface area contributed by atoms with Crippen LogP contribution in [-0.2, 0) is 17.6 Å². The zero-order valence-electron chi connectivity index (χ0n) is 16.9. The molecule has 5 heteroatoms. The van der Waals surface area contributed by atoms with Crippen LogP contribution in [0.2, 0.25) is 0 Å². The van der Waals surface area contributed by atoms with Crippen molar-refractivity contribution >= 4 is 11.7 Å². The van der Waals surface area contributed by atoms with Crippen LogP contribution in [0.4, 0.5) is 5.82 Å². The minimum Gasteiger partial charge on any atom is -0.508 e. The summed E-state index contributed by atoms with van der Waals surface area (Å²) in [6.07, 6.45) is 4.48. The fourth-order valence-electron chi connectivity index (χ4n) is 3.12. The molecule has 1 aromatic heterocycles. The minimum atomic E-state index is -0.0439. The molecule has 150 valence electrons. The van der Waals surface area contributed by atoms with E-state index in [1.54, 1.807) is 30.5 Å². The van der Waals surface area contributed by atoms with Gasteiger partial charge >= 0.3 is 0 Å². The lowest BCUT2D eigenvalue weighted by molar-refractivity contribution is -0.116. The Bertz CT molecular complexity index is 938. The number of carbonyl (C=O) groups is 1. The highest BCUT2D eigenvalue weighted by Gasteiger charge is 2.13. The SMILES string of the molecule is CC(C)Cc1nc(-c2ccc(O)cc2)cnc1NC(=O)CCCc1ccccc1. The van der Waals surface area contributed by atoms with E-state index in [9.17, 15) is 9.90 Å². The third-order valence-corrected chi connectivity index (χ3v) is 4.58. The molecule has 3 aromatic rings. The minimum absolute atomic E-state index is 0.0439. The number of phenolic OH excluding ortho intramolecular Hbond substituents is 1. The summed E-state index contributed by atoms with van der Waals surface area (Å²) < 4.78 is 0. The van der Waals surface area contributed by atoms with Crippen LogP contribution >= 0.6 is 0 Å². The molecule has 0 spiro atoms. The average molecular weight is 389 g/mol. The van der Waals surface area contributed by atoms with E-state index in [0.717, 1.165) is 36.2 Å². The molecule has 0 fully saturated rings.